The van der Waals surface area contributed by atoms with Crippen molar-refractivity contribution in [1.29, 1.82) is 0 Å². The molecule has 0 aliphatic carbocycles. The lowest BCUT2D eigenvalue weighted by atomic mass is 10.1. The summed E-state index contributed by atoms with van der Waals surface area (Å²) in [4.78, 5) is 5.07. The molecular formula is C16H25N3O. The lowest BCUT2D eigenvalue weighted by molar-refractivity contribution is 0.0331. The van der Waals surface area contributed by atoms with Crippen molar-refractivity contribution in [1.82, 2.24) is 15.1 Å². The number of nitrogens with one attached hydrogen (secondary N) is 1. The summed E-state index contributed by atoms with van der Waals surface area (Å²) in [5.41, 5.74) is 4.41. The van der Waals surface area contributed by atoms with E-state index in [0.717, 1.165) is 52.5 Å². The van der Waals surface area contributed by atoms with E-state index in [1.807, 2.05) is 7.05 Å². The molecule has 2 heterocycles. The van der Waals surface area contributed by atoms with E-state index in [9.17, 15) is 0 Å². The number of benzene rings is 1. The Bertz CT molecular complexity index is 443. The number of hydrogen-bond acceptors (Lipinski definition) is 4. The second-order valence-electron chi connectivity index (χ2n) is 5.80. The molecule has 0 bridgehead atoms. The molecule has 0 saturated carbocycles. The molecule has 3 rings (SSSR count). The van der Waals surface area contributed by atoms with Gasteiger partial charge in [0.1, 0.15) is 0 Å². The molecule has 1 aromatic rings. The van der Waals surface area contributed by atoms with Crippen LogP contribution in [-0.2, 0) is 24.4 Å². The highest BCUT2D eigenvalue weighted by Crippen LogP contribution is 2.23. The van der Waals surface area contributed by atoms with Gasteiger partial charge in [-0.05, 0) is 23.7 Å². The molecule has 2 aliphatic heterocycles. The molecule has 0 unspecified atom stereocenters. The van der Waals surface area contributed by atoms with Gasteiger partial charge in [0, 0.05) is 45.8 Å². The van der Waals surface area contributed by atoms with Gasteiger partial charge in [0.15, 0.2) is 0 Å². The number of hydrogen-bond donors (Lipinski definition) is 1. The van der Waals surface area contributed by atoms with Crippen LogP contribution in [0.25, 0.3) is 0 Å². The maximum Gasteiger partial charge on any atom is 0.0594 e. The summed E-state index contributed by atoms with van der Waals surface area (Å²) >= 11 is 0. The van der Waals surface area contributed by atoms with Gasteiger partial charge in [-0.1, -0.05) is 18.2 Å². The van der Waals surface area contributed by atoms with Crippen LogP contribution < -0.4 is 5.32 Å². The molecule has 110 valence electrons. The molecule has 20 heavy (non-hydrogen) atoms. The fraction of sp³-hybridized carbons (Fsp3) is 0.625. The van der Waals surface area contributed by atoms with Crippen molar-refractivity contribution in [3.05, 3.63) is 34.9 Å². The third-order valence-electron chi connectivity index (χ3n) is 4.28. The number of ether oxygens (including phenoxy) is 1. The molecule has 0 amide bonds. The molecular weight excluding hydrogens is 250 g/mol. The van der Waals surface area contributed by atoms with Gasteiger partial charge in [-0.3, -0.25) is 9.80 Å². The van der Waals surface area contributed by atoms with Gasteiger partial charge < -0.3 is 10.1 Å². The smallest absolute Gasteiger partial charge is 0.0594 e. The SMILES string of the molecule is CNCc1ccc2c(c1)CN(CCN1CCOCC1)C2. The first-order valence-corrected chi connectivity index (χ1v) is 7.63. The van der Waals surface area contributed by atoms with Crippen molar-refractivity contribution in [2.24, 2.45) is 0 Å². The van der Waals surface area contributed by atoms with Crippen molar-refractivity contribution >= 4 is 0 Å². The van der Waals surface area contributed by atoms with Crippen molar-refractivity contribution in [3.8, 4) is 0 Å². The van der Waals surface area contributed by atoms with Crippen LogP contribution in [0.4, 0.5) is 0 Å². The third-order valence-corrected chi connectivity index (χ3v) is 4.28. The summed E-state index contributed by atoms with van der Waals surface area (Å²) in [6.45, 7) is 9.48. The van der Waals surface area contributed by atoms with Crippen LogP contribution in [-0.4, -0.2) is 56.2 Å². The maximum atomic E-state index is 5.40. The van der Waals surface area contributed by atoms with Crippen molar-refractivity contribution < 1.29 is 4.74 Å². The fourth-order valence-corrected chi connectivity index (χ4v) is 3.10. The van der Waals surface area contributed by atoms with Gasteiger partial charge in [-0.25, -0.2) is 0 Å². The summed E-state index contributed by atoms with van der Waals surface area (Å²) < 4.78 is 5.40. The summed E-state index contributed by atoms with van der Waals surface area (Å²) in [6, 6.07) is 6.91. The van der Waals surface area contributed by atoms with E-state index in [-0.39, 0.29) is 0 Å². The number of morpholine rings is 1. The lowest BCUT2D eigenvalue weighted by Crippen LogP contribution is -2.40. The van der Waals surface area contributed by atoms with Crippen LogP contribution in [0.15, 0.2) is 18.2 Å². The van der Waals surface area contributed by atoms with Crippen LogP contribution in [0.1, 0.15) is 16.7 Å². The summed E-state index contributed by atoms with van der Waals surface area (Å²) in [5.74, 6) is 0. The minimum atomic E-state index is 0.896. The molecule has 4 heteroatoms. The van der Waals surface area contributed by atoms with E-state index < -0.39 is 0 Å². The van der Waals surface area contributed by atoms with Crippen LogP contribution in [0, 0.1) is 0 Å². The number of nitrogens with zero attached hydrogens (tertiary/aromatic N) is 2. The van der Waals surface area contributed by atoms with Gasteiger partial charge in [-0.15, -0.1) is 0 Å². The van der Waals surface area contributed by atoms with Crippen molar-refractivity contribution in [3.63, 3.8) is 0 Å². The topological polar surface area (TPSA) is 27.7 Å². The van der Waals surface area contributed by atoms with Crippen molar-refractivity contribution in [2.75, 3.05) is 46.4 Å². The minimum Gasteiger partial charge on any atom is -0.379 e. The average molecular weight is 275 g/mol. The van der Waals surface area contributed by atoms with Crippen LogP contribution >= 0.6 is 0 Å². The molecule has 1 fully saturated rings. The zero-order valence-corrected chi connectivity index (χ0v) is 12.4. The minimum absolute atomic E-state index is 0.896. The van der Waals surface area contributed by atoms with Gasteiger partial charge in [0.05, 0.1) is 13.2 Å². The van der Waals surface area contributed by atoms with E-state index >= 15 is 0 Å². The van der Waals surface area contributed by atoms with Crippen LogP contribution in [0.2, 0.25) is 0 Å². The van der Waals surface area contributed by atoms with E-state index in [2.05, 4.69) is 33.3 Å². The second-order valence-corrected chi connectivity index (χ2v) is 5.80. The standard InChI is InChI=1S/C16H25N3O/c1-17-11-14-2-3-15-12-19(13-16(15)10-14)5-4-18-6-8-20-9-7-18/h2-3,10,17H,4-9,11-13H2,1H3. The van der Waals surface area contributed by atoms with Crippen LogP contribution in [0.3, 0.4) is 0 Å². The quantitative estimate of drug-likeness (QED) is 0.869. The van der Waals surface area contributed by atoms with Gasteiger partial charge in [0.25, 0.3) is 0 Å². The molecule has 0 atom stereocenters. The molecule has 1 aromatic carbocycles. The Morgan fingerprint density at radius 3 is 2.60 bits per heavy atom. The molecule has 4 nitrogen and oxygen atoms in total. The van der Waals surface area contributed by atoms with E-state index in [1.165, 1.54) is 23.2 Å². The molecule has 0 aromatic heterocycles. The van der Waals surface area contributed by atoms with Gasteiger partial charge in [0.2, 0.25) is 0 Å². The molecule has 0 radical (unpaired) electrons. The average Bonchev–Trinajstić information content (AvgIpc) is 2.89. The molecule has 0 spiro atoms. The zero-order valence-electron chi connectivity index (χ0n) is 12.4. The third kappa shape index (κ3) is 3.38. The predicted octanol–water partition coefficient (Wildman–Crippen LogP) is 1.05. The Morgan fingerprint density at radius 1 is 1.05 bits per heavy atom. The van der Waals surface area contributed by atoms with E-state index in [0.29, 0.717) is 0 Å². The van der Waals surface area contributed by atoms with Gasteiger partial charge in [-0.2, -0.15) is 0 Å². The Kier molecular flexibility index (Phi) is 4.68. The molecule has 1 N–H and O–H groups in total. The van der Waals surface area contributed by atoms with E-state index in [1.54, 1.807) is 0 Å². The fourth-order valence-electron chi connectivity index (χ4n) is 3.10. The highest BCUT2D eigenvalue weighted by Gasteiger charge is 2.20. The highest BCUT2D eigenvalue weighted by atomic mass is 16.5. The summed E-state index contributed by atoms with van der Waals surface area (Å²) in [6.07, 6.45) is 0. The largest absolute Gasteiger partial charge is 0.379 e. The summed E-state index contributed by atoms with van der Waals surface area (Å²) in [5, 5.41) is 3.22. The lowest BCUT2D eigenvalue weighted by Gasteiger charge is -2.28. The Balaban J connectivity index is 1.51. The van der Waals surface area contributed by atoms with E-state index in [4.69, 9.17) is 4.74 Å². The number of rotatable bonds is 5. The monoisotopic (exact) mass is 275 g/mol. The first-order valence-electron chi connectivity index (χ1n) is 7.63. The first-order chi connectivity index (χ1) is 9.85. The normalized spacial score (nSPS) is 20.2. The first kappa shape index (κ1) is 14.0. The molecule has 2 aliphatic rings. The van der Waals surface area contributed by atoms with Crippen molar-refractivity contribution in [2.45, 2.75) is 19.6 Å². The number of fused-ring (bicyclic) bond motifs is 1. The Labute approximate surface area is 121 Å². The van der Waals surface area contributed by atoms with Crippen LogP contribution in [0.5, 0.6) is 0 Å². The highest BCUT2D eigenvalue weighted by molar-refractivity contribution is 5.34. The molecule has 1 saturated heterocycles. The maximum absolute atomic E-state index is 5.40. The summed E-state index contributed by atoms with van der Waals surface area (Å²) in [7, 11) is 2.00. The Hall–Kier alpha value is -0.940. The van der Waals surface area contributed by atoms with Gasteiger partial charge >= 0.3 is 0 Å². The Morgan fingerprint density at radius 2 is 1.80 bits per heavy atom. The predicted molar refractivity (Wildman–Crippen MR) is 80.6 cm³/mol. The second kappa shape index (κ2) is 6.68. The zero-order chi connectivity index (χ0) is 13.8.